The molecule has 16 aromatic rings. The number of hydrogen-bond acceptors (Lipinski definition) is 8. The van der Waals surface area contributed by atoms with Crippen LogP contribution in [0.25, 0.3) is 66.4 Å². The van der Waals surface area contributed by atoms with Gasteiger partial charge >= 0.3 is 0 Å². The van der Waals surface area contributed by atoms with Gasteiger partial charge in [0.05, 0.1) is 22.3 Å². The van der Waals surface area contributed by atoms with Gasteiger partial charge in [-0.1, -0.05) is 297 Å². The van der Waals surface area contributed by atoms with Crippen LogP contribution in [0.2, 0.25) is 0 Å². The number of hydrogen-bond donors (Lipinski definition) is 4. The Kier molecular flexibility index (Phi) is 47.9. The minimum Gasteiger partial charge on any atom is -0.348 e. The molecule has 0 saturated carbocycles. The van der Waals surface area contributed by atoms with Gasteiger partial charge in [-0.05, 0) is 131 Å². The number of rotatable bonds is 17. The predicted molar refractivity (Wildman–Crippen MR) is 523 cm³/mol. The number of aromatic nitrogens is 4. The second kappa shape index (κ2) is 57.2. The first-order valence-corrected chi connectivity index (χ1v) is 43.5. The van der Waals surface area contributed by atoms with Crippen molar-refractivity contribution in [1.82, 2.24) is 39.5 Å². The number of carbonyl (C=O) groups excluding carboxylic acids is 4. The van der Waals surface area contributed by atoms with Crippen molar-refractivity contribution in [2.24, 2.45) is 0 Å². The molecule has 0 saturated heterocycles. The maximum absolute atomic E-state index is 12.9. The summed E-state index contributed by atoms with van der Waals surface area (Å²) in [5.74, 6) is 3.81. The first-order chi connectivity index (χ1) is 61.3. The second-order valence-electron chi connectivity index (χ2n) is 28.9. The van der Waals surface area contributed by atoms with Gasteiger partial charge in [0.15, 0.2) is 0 Å². The Hall–Kier alpha value is -11.9. The number of fused-ring (bicyclic) bond motifs is 4. The largest absolute Gasteiger partial charge is 0.348 e. The smallest absolute Gasteiger partial charge is 0.255 e. The van der Waals surface area contributed by atoms with Crippen LogP contribution in [0.3, 0.4) is 0 Å². The fraction of sp³-hybridized carbons (Fsp3) is 0.156. The van der Waals surface area contributed by atoms with E-state index in [-0.39, 0.29) is 152 Å². The topological polar surface area (TPSA) is 204 Å². The number of carbonyl (C=O) groups is 4. The summed E-state index contributed by atoms with van der Waals surface area (Å²) in [6, 6.07) is 103. The zero-order valence-electron chi connectivity index (χ0n) is 74.5. The summed E-state index contributed by atoms with van der Waals surface area (Å²) in [7, 11) is 0. The molecule has 0 bridgehead atoms. The number of pyridine rings is 4. The van der Waals surface area contributed by atoms with Gasteiger partial charge in [0.2, 0.25) is 0 Å². The Morgan fingerprint density at radius 2 is 0.492 bits per heavy atom. The molecule has 21 heteroatoms. The van der Waals surface area contributed by atoms with E-state index in [1.165, 1.54) is 12.8 Å². The number of nitrogens with zero attached hydrogens (tertiary/aromatic N) is 4. The first kappa shape index (κ1) is 109. The van der Waals surface area contributed by atoms with E-state index in [9.17, 15) is 38.4 Å². The second-order valence-corrected chi connectivity index (χ2v) is 28.9. The SMILES string of the molecule is CC#CC.CC=CC.CCCC.CI.Cc1ccc(CNC(=O)c2cn(-c3ccccc3)c3cc[c-]cc3c2=O)cc1.Cc1ccc(CNC(=O)c2cn(-c3ccccc3)c3cc[c-]cc3c2=O)cc1.Cc1ccc(CNC(=O)c2cn(-c3ccccc3)c3cc[c-]cc3c2=O)cc1.Cc1ccc(CNC(=O)c2cn(-c3ccccc3)c3cc[c-]cc3c2=O)cc1.[W].[W].[W].[W]. The number of aryl methyl sites for hydroxylation is 4. The van der Waals surface area contributed by atoms with Crippen molar-refractivity contribution in [3.05, 3.63) is 460 Å². The number of amides is 4. The maximum atomic E-state index is 12.9. The third-order valence-corrected chi connectivity index (χ3v) is 19.9. The Labute approximate surface area is 832 Å². The van der Waals surface area contributed by atoms with Crippen molar-refractivity contribution in [1.29, 1.82) is 0 Å². The van der Waals surface area contributed by atoms with Crippen molar-refractivity contribution < 1.29 is 103 Å². The molecule has 4 heterocycles. The third kappa shape index (κ3) is 30.9. The molecule has 0 aliphatic carbocycles. The molecule has 0 unspecified atom stereocenters. The number of unbranched alkanes of at least 4 members (excludes halogenated alkanes) is 1. The van der Waals surface area contributed by atoms with E-state index in [2.05, 4.69) is 93.8 Å². The molecule has 0 aliphatic rings. The zero-order valence-corrected chi connectivity index (χ0v) is 88.4. The minimum atomic E-state index is -0.388. The molecular formula is C109H103IN8O8W4-4. The normalized spacial score (nSPS) is 9.94. The average molecular weight is 2520 g/mol. The van der Waals surface area contributed by atoms with Crippen LogP contribution in [-0.4, -0.2) is 46.8 Å². The van der Waals surface area contributed by atoms with Crippen molar-refractivity contribution in [2.75, 3.05) is 4.93 Å². The van der Waals surface area contributed by atoms with Gasteiger partial charge < -0.3 is 58.7 Å². The van der Waals surface area contributed by atoms with E-state index in [1.54, 1.807) is 73.3 Å². The van der Waals surface area contributed by atoms with Gasteiger partial charge in [-0.2, -0.15) is 72.8 Å². The van der Waals surface area contributed by atoms with Crippen molar-refractivity contribution in [2.45, 2.75) is 108 Å². The maximum Gasteiger partial charge on any atom is 0.255 e. The van der Waals surface area contributed by atoms with Crippen LogP contribution in [0.1, 0.15) is 140 Å². The molecule has 0 radical (unpaired) electrons. The van der Waals surface area contributed by atoms with Crippen LogP contribution in [0.5, 0.6) is 0 Å². The molecule has 16 rings (SSSR count). The molecule has 662 valence electrons. The van der Waals surface area contributed by atoms with E-state index in [1.807, 2.05) is 333 Å². The van der Waals surface area contributed by atoms with Crippen LogP contribution in [0, 0.1) is 63.8 Å². The Morgan fingerprint density at radius 1 is 0.308 bits per heavy atom. The Morgan fingerprint density at radius 3 is 0.654 bits per heavy atom. The number of halogens is 1. The fourth-order valence-corrected chi connectivity index (χ4v) is 12.7. The molecule has 0 spiro atoms. The molecule has 4 aromatic heterocycles. The summed E-state index contributed by atoms with van der Waals surface area (Å²) in [6.45, 7) is 21.5. The van der Waals surface area contributed by atoms with Crippen LogP contribution in [-0.2, 0) is 110 Å². The summed E-state index contributed by atoms with van der Waals surface area (Å²) >= 11 is 2.15. The number of nitrogens with one attached hydrogen (secondary N) is 4. The molecule has 130 heavy (non-hydrogen) atoms. The van der Waals surface area contributed by atoms with Crippen LogP contribution >= 0.6 is 22.6 Å². The van der Waals surface area contributed by atoms with Crippen molar-refractivity contribution in [3.63, 3.8) is 0 Å². The van der Waals surface area contributed by atoms with Gasteiger partial charge in [-0.25, -0.2) is 0 Å². The van der Waals surface area contributed by atoms with Crippen molar-refractivity contribution >= 4 is 89.8 Å². The van der Waals surface area contributed by atoms with E-state index >= 15 is 0 Å². The monoisotopic (exact) mass is 2510 g/mol. The molecule has 4 N–H and O–H groups in total. The summed E-state index contributed by atoms with van der Waals surface area (Å²) in [6.07, 6.45) is 13.1. The molecule has 16 nitrogen and oxygen atoms in total. The molecule has 0 aliphatic heterocycles. The molecule has 0 fully saturated rings. The van der Waals surface area contributed by atoms with E-state index < -0.39 is 0 Å². The number of alkyl halides is 1. The standard InChI is InChI=1S/4C24H19N2O2.C4H10.C4H8.C4H6.CH3I.4W/c4*1-17-11-13-18(14-12-17)15-25-24(28)21-16-26(19-7-3-2-4-8-19)22-10-6-5-9-20(22)23(21)27;3*1-3-4-2;1-2;;;;/h4*2-4,6-14,16H,15H2,1H3,(H,25,28);3-4H2,1-2H3;3-4H,1-2H3;1-2H3;1H3;;;;/q4*-1;;;;;;;;. The minimum absolute atomic E-state index is 0. The molecule has 12 aromatic carbocycles. The van der Waals surface area contributed by atoms with E-state index in [0.717, 1.165) is 89.3 Å². The van der Waals surface area contributed by atoms with Gasteiger partial charge in [-0.3, -0.25) is 19.2 Å². The molecular weight excluding hydrogens is 2410 g/mol. The van der Waals surface area contributed by atoms with Gasteiger partial charge in [0, 0.05) is 158 Å². The van der Waals surface area contributed by atoms with E-state index in [4.69, 9.17) is 0 Å². The Balaban J connectivity index is 0.000000289. The summed E-state index contributed by atoms with van der Waals surface area (Å²) in [4.78, 5) is 105. The van der Waals surface area contributed by atoms with Crippen LogP contribution in [0.15, 0.2) is 347 Å². The zero-order chi connectivity index (χ0) is 90.3. The Bertz CT molecular complexity index is 5880. The molecule has 0 atom stereocenters. The van der Waals surface area contributed by atoms with Gasteiger partial charge in [0.1, 0.15) is 21.7 Å². The summed E-state index contributed by atoms with van der Waals surface area (Å²) < 4.78 is 7.47. The number of allylic oxidation sites excluding steroid dienone is 2. The summed E-state index contributed by atoms with van der Waals surface area (Å²) in [5, 5.41) is 13.3. The quantitative estimate of drug-likeness (QED) is 0.0226. The summed E-state index contributed by atoms with van der Waals surface area (Å²) in [5.41, 5.74) is 14.3. The van der Waals surface area contributed by atoms with Gasteiger partial charge in [0.25, 0.3) is 23.6 Å². The predicted octanol–water partition coefficient (Wildman–Crippen LogP) is 21.6. The van der Waals surface area contributed by atoms with Crippen LogP contribution < -0.4 is 43.0 Å². The first-order valence-electron chi connectivity index (χ1n) is 41.3. The fourth-order valence-electron chi connectivity index (χ4n) is 12.7. The van der Waals surface area contributed by atoms with Crippen molar-refractivity contribution in [3.8, 4) is 34.6 Å². The number of benzene rings is 12. The number of para-hydroxylation sites is 4. The molecule has 4 amide bonds. The van der Waals surface area contributed by atoms with Gasteiger partial charge in [-0.15, -0.1) is 36.1 Å². The van der Waals surface area contributed by atoms with E-state index in [0.29, 0.717) is 47.7 Å². The third-order valence-electron chi connectivity index (χ3n) is 19.9. The average Bonchev–Trinajstić information content (AvgIpc) is 0.786. The van der Waals surface area contributed by atoms with Crippen LogP contribution in [0.4, 0.5) is 0 Å².